The van der Waals surface area contributed by atoms with Crippen LogP contribution in [0.2, 0.25) is 0 Å². The lowest BCUT2D eigenvalue weighted by atomic mass is 10.4. The fourth-order valence-electron chi connectivity index (χ4n) is 0.448. The van der Waals surface area contributed by atoms with Gasteiger partial charge in [-0.3, -0.25) is 0 Å². The number of terminal acetylenes is 1. The fourth-order valence-corrected chi connectivity index (χ4v) is 0.448. The molecule has 0 radical (unpaired) electrons. The highest BCUT2D eigenvalue weighted by molar-refractivity contribution is 5.22. The Hall–Kier alpha value is -1.29. The molecule has 1 rings (SSSR count). The van der Waals surface area contributed by atoms with E-state index in [1.165, 1.54) is 0 Å². The molecule has 0 aliphatic heterocycles. The molecule has 0 saturated heterocycles. The number of pyridine rings is 1. The highest BCUT2D eigenvalue weighted by atomic mass is 15.4. The SMILES string of the molecule is C#Cc1cccc[15n]1. The molecule has 1 heterocycles. The molecule has 1 aromatic rings. The Morgan fingerprint density at radius 1 is 1.50 bits per heavy atom. The minimum atomic E-state index is 0.688. The van der Waals surface area contributed by atoms with Crippen molar-refractivity contribution in [3.63, 3.8) is 0 Å². The van der Waals surface area contributed by atoms with Crippen LogP contribution in [0.1, 0.15) is 5.69 Å². The third kappa shape index (κ3) is 0.855. The van der Waals surface area contributed by atoms with Crippen LogP contribution in [0.4, 0.5) is 0 Å². The van der Waals surface area contributed by atoms with E-state index in [1.54, 1.807) is 12.3 Å². The first-order chi connectivity index (χ1) is 3.93. The van der Waals surface area contributed by atoms with Crippen LogP contribution >= 0.6 is 0 Å². The van der Waals surface area contributed by atoms with E-state index in [9.17, 15) is 0 Å². The Bertz CT molecular complexity index is 195. The third-order valence-electron chi connectivity index (χ3n) is 0.813. The van der Waals surface area contributed by atoms with Crippen LogP contribution in [-0.4, -0.2) is 4.98 Å². The second kappa shape index (κ2) is 2.13. The van der Waals surface area contributed by atoms with Gasteiger partial charge in [0.25, 0.3) is 0 Å². The molecular weight excluding hydrogens is 99.1 g/mol. The molecule has 0 amide bonds. The van der Waals surface area contributed by atoms with Gasteiger partial charge >= 0.3 is 0 Å². The van der Waals surface area contributed by atoms with Crippen molar-refractivity contribution in [2.75, 3.05) is 0 Å². The second-order valence-corrected chi connectivity index (χ2v) is 1.36. The Kier molecular flexibility index (Phi) is 1.29. The number of hydrogen-bond acceptors (Lipinski definition) is 1. The number of nitrogens with zero attached hydrogens (tertiary/aromatic N) is 1. The van der Waals surface area contributed by atoms with Crippen molar-refractivity contribution < 1.29 is 0 Å². The Balaban J connectivity index is 3.05. The van der Waals surface area contributed by atoms with Crippen molar-refractivity contribution in [3.8, 4) is 12.3 Å². The molecule has 0 N–H and O–H groups in total. The van der Waals surface area contributed by atoms with Crippen LogP contribution in [0, 0.1) is 12.3 Å². The van der Waals surface area contributed by atoms with E-state index in [1.807, 2.05) is 12.1 Å². The first kappa shape index (κ1) is 4.86. The van der Waals surface area contributed by atoms with Gasteiger partial charge in [0, 0.05) is 6.20 Å². The van der Waals surface area contributed by atoms with Crippen molar-refractivity contribution in [1.82, 2.24) is 4.98 Å². The summed E-state index contributed by atoms with van der Waals surface area (Å²) in [5.41, 5.74) is 0.688. The van der Waals surface area contributed by atoms with Crippen LogP contribution in [0.15, 0.2) is 24.4 Å². The molecule has 1 heteroatoms. The fraction of sp³-hybridized carbons (Fsp3) is 0. The van der Waals surface area contributed by atoms with Crippen molar-refractivity contribution in [1.29, 1.82) is 0 Å². The van der Waals surface area contributed by atoms with Gasteiger partial charge in [-0.2, -0.15) is 0 Å². The summed E-state index contributed by atoms with van der Waals surface area (Å²) >= 11 is 0. The smallest absolute Gasteiger partial charge is 0.112 e. The summed E-state index contributed by atoms with van der Waals surface area (Å²) < 4.78 is 0. The molecule has 0 spiro atoms. The first-order valence-corrected chi connectivity index (χ1v) is 2.31. The van der Waals surface area contributed by atoms with Crippen LogP contribution in [0.25, 0.3) is 0 Å². The van der Waals surface area contributed by atoms with E-state index in [4.69, 9.17) is 6.42 Å². The van der Waals surface area contributed by atoms with Crippen LogP contribution in [0.3, 0.4) is 0 Å². The molecular formula is C7H5N. The molecule has 0 aliphatic rings. The minimum Gasteiger partial charge on any atom is -0.248 e. The summed E-state index contributed by atoms with van der Waals surface area (Å²) in [7, 11) is 0. The summed E-state index contributed by atoms with van der Waals surface area (Å²) in [5, 5.41) is 0. The molecule has 1 aromatic heterocycles. The largest absolute Gasteiger partial charge is 0.248 e. The number of rotatable bonds is 0. The summed E-state index contributed by atoms with van der Waals surface area (Å²) in [4.78, 5) is 3.86. The Morgan fingerprint density at radius 3 is 2.75 bits per heavy atom. The van der Waals surface area contributed by atoms with Gasteiger partial charge in [0.05, 0.1) is 0 Å². The maximum absolute atomic E-state index is 5.04. The lowest BCUT2D eigenvalue weighted by Crippen LogP contribution is -1.75. The molecule has 0 aliphatic carbocycles. The van der Waals surface area contributed by atoms with Gasteiger partial charge < -0.3 is 0 Å². The van der Waals surface area contributed by atoms with E-state index < -0.39 is 0 Å². The maximum Gasteiger partial charge on any atom is 0.112 e. The van der Waals surface area contributed by atoms with Gasteiger partial charge in [0.15, 0.2) is 0 Å². The van der Waals surface area contributed by atoms with Crippen LogP contribution < -0.4 is 0 Å². The molecule has 38 valence electrons. The first-order valence-electron chi connectivity index (χ1n) is 2.31. The summed E-state index contributed by atoms with van der Waals surface area (Å²) in [6.45, 7) is 0. The van der Waals surface area contributed by atoms with Gasteiger partial charge in [-0.15, -0.1) is 6.42 Å². The maximum atomic E-state index is 5.04. The lowest BCUT2D eigenvalue weighted by molar-refractivity contribution is 1.29. The standard InChI is InChI=1S/C7H5N/c1-2-7-5-3-4-6-8-7/h1,3-6H/i8+1. The van der Waals surface area contributed by atoms with Crippen molar-refractivity contribution >= 4 is 0 Å². The van der Waals surface area contributed by atoms with Gasteiger partial charge in [-0.1, -0.05) is 12.0 Å². The topological polar surface area (TPSA) is 12.9 Å². The summed E-state index contributed by atoms with van der Waals surface area (Å²) in [6, 6.07) is 5.49. The second-order valence-electron chi connectivity index (χ2n) is 1.36. The van der Waals surface area contributed by atoms with E-state index in [0.717, 1.165) is 0 Å². The van der Waals surface area contributed by atoms with Crippen molar-refractivity contribution in [3.05, 3.63) is 30.1 Å². The monoisotopic (exact) mass is 104 g/mol. The van der Waals surface area contributed by atoms with Gasteiger partial charge in [0.1, 0.15) is 5.69 Å². The molecule has 0 bridgehead atoms. The third-order valence-corrected chi connectivity index (χ3v) is 0.813. The number of hydrogen-bond donors (Lipinski definition) is 0. The van der Waals surface area contributed by atoms with Gasteiger partial charge in [0.2, 0.25) is 0 Å². The van der Waals surface area contributed by atoms with Crippen molar-refractivity contribution in [2.45, 2.75) is 0 Å². The van der Waals surface area contributed by atoms with Crippen molar-refractivity contribution in [2.24, 2.45) is 0 Å². The average molecular weight is 104 g/mol. The van der Waals surface area contributed by atoms with E-state index in [-0.39, 0.29) is 0 Å². The molecule has 0 unspecified atom stereocenters. The molecule has 0 saturated carbocycles. The molecule has 1 nitrogen and oxygen atoms in total. The molecule has 0 fully saturated rings. The Labute approximate surface area is 48.4 Å². The lowest BCUT2D eigenvalue weighted by Gasteiger charge is -1.81. The zero-order valence-corrected chi connectivity index (χ0v) is 4.33. The van der Waals surface area contributed by atoms with Crippen LogP contribution in [-0.2, 0) is 0 Å². The van der Waals surface area contributed by atoms with E-state index in [2.05, 4.69) is 10.9 Å². The minimum absolute atomic E-state index is 0.688. The summed E-state index contributed by atoms with van der Waals surface area (Å²) in [5.74, 6) is 2.42. The van der Waals surface area contributed by atoms with Gasteiger partial charge in [-0.05, 0) is 12.1 Å². The number of aromatic nitrogens is 1. The predicted molar refractivity (Wildman–Crippen MR) is 32.2 cm³/mol. The molecule has 0 atom stereocenters. The molecule has 8 heavy (non-hydrogen) atoms. The zero-order valence-electron chi connectivity index (χ0n) is 4.33. The average Bonchev–Trinajstić information content (AvgIpc) is 1.90. The zero-order chi connectivity index (χ0) is 5.82. The highest BCUT2D eigenvalue weighted by Crippen LogP contribution is 1.86. The summed E-state index contributed by atoms with van der Waals surface area (Å²) in [6.07, 6.45) is 6.71. The Morgan fingerprint density at radius 2 is 2.38 bits per heavy atom. The predicted octanol–water partition coefficient (Wildman–Crippen LogP) is 1.06. The van der Waals surface area contributed by atoms with E-state index >= 15 is 0 Å². The van der Waals surface area contributed by atoms with Gasteiger partial charge in [-0.25, -0.2) is 4.98 Å². The highest BCUT2D eigenvalue weighted by Gasteiger charge is 1.78. The van der Waals surface area contributed by atoms with Crippen LogP contribution in [0.5, 0.6) is 0 Å². The van der Waals surface area contributed by atoms with E-state index in [0.29, 0.717) is 5.69 Å². The molecule has 0 aromatic carbocycles. The normalized spacial score (nSPS) is 7.88. The quantitative estimate of drug-likeness (QED) is 0.448.